The number of nitrogens with zero attached hydrogens (tertiary/aromatic N) is 2. The second-order valence-corrected chi connectivity index (χ2v) is 5.02. The predicted octanol–water partition coefficient (Wildman–Crippen LogP) is 4.52. The van der Waals surface area contributed by atoms with Gasteiger partial charge in [-0.1, -0.05) is 29.8 Å². The van der Waals surface area contributed by atoms with Crippen LogP contribution in [0.15, 0.2) is 61.1 Å². The van der Waals surface area contributed by atoms with Gasteiger partial charge >= 0.3 is 0 Å². The summed E-state index contributed by atoms with van der Waals surface area (Å²) in [6.07, 6.45) is 4.92. The fourth-order valence-electron chi connectivity index (χ4n) is 2.04. The second kappa shape index (κ2) is 6.54. The van der Waals surface area contributed by atoms with Gasteiger partial charge in [0.2, 0.25) is 0 Å². The van der Waals surface area contributed by atoms with Crippen molar-refractivity contribution < 1.29 is 9.13 Å². The fraction of sp³-hybridized carbons (Fsp3) is 0.0588. The van der Waals surface area contributed by atoms with Gasteiger partial charge in [0.15, 0.2) is 0 Å². The molecule has 0 aliphatic carbocycles. The molecule has 0 aliphatic heterocycles. The molecule has 1 heterocycles. The van der Waals surface area contributed by atoms with Gasteiger partial charge in [0, 0.05) is 23.5 Å². The van der Waals surface area contributed by atoms with Crippen LogP contribution in [-0.2, 0) is 6.61 Å². The third kappa shape index (κ3) is 3.23. The smallest absolute Gasteiger partial charge is 0.129 e. The van der Waals surface area contributed by atoms with Crippen LogP contribution in [0, 0.1) is 5.82 Å². The number of ether oxygens (including phenoxy) is 1. The quantitative estimate of drug-likeness (QED) is 0.710. The van der Waals surface area contributed by atoms with Crippen LogP contribution < -0.4 is 4.74 Å². The van der Waals surface area contributed by atoms with Crippen LogP contribution in [0.2, 0.25) is 5.02 Å². The Bertz CT molecular complexity index is 781. The van der Waals surface area contributed by atoms with E-state index in [1.165, 1.54) is 12.1 Å². The van der Waals surface area contributed by atoms with Gasteiger partial charge < -0.3 is 4.74 Å². The third-order valence-corrected chi connectivity index (χ3v) is 3.48. The van der Waals surface area contributed by atoms with Gasteiger partial charge in [0.05, 0.1) is 16.9 Å². The van der Waals surface area contributed by atoms with Crippen LogP contribution in [-0.4, -0.2) is 9.97 Å². The Morgan fingerprint density at radius 1 is 1.09 bits per heavy atom. The molecule has 0 amide bonds. The third-order valence-electron chi connectivity index (χ3n) is 3.12. The summed E-state index contributed by atoms with van der Waals surface area (Å²) in [6.45, 7) is 0.246. The Hall–Kier alpha value is -2.46. The van der Waals surface area contributed by atoms with E-state index in [2.05, 4.69) is 9.97 Å². The normalized spacial score (nSPS) is 10.5. The van der Waals surface area contributed by atoms with Crippen LogP contribution in [0.25, 0.3) is 11.3 Å². The van der Waals surface area contributed by atoms with Gasteiger partial charge in [0.1, 0.15) is 18.2 Å². The number of hydrogen-bond acceptors (Lipinski definition) is 3. The summed E-state index contributed by atoms with van der Waals surface area (Å²) in [4.78, 5) is 8.34. The lowest BCUT2D eigenvalue weighted by Crippen LogP contribution is -1.98. The number of benzene rings is 2. The highest BCUT2D eigenvalue weighted by Crippen LogP contribution is 2.29. The average molecular weight is 315 g/mol. The Balaban J connectivity index is 1.84. The molecule has 0 saturated heterocycles. The first-order valence-corrected chi connectivity index (χ1v) is 7.04. The van der Waals surface area contributed by atoms with E-state index in [0.29, 0.717) is 10.8 Å². The van der Waals surface area contributed by atoms with Gasteiger partial charge in [0.25, 0.3) is 0 Å². The molecule has 3 rings (SSSR count). The molecule has 0 atom stereocenters. The zero-order chi connectivity index (χ0) is 15.4. The molecule has 3 nitrogen and oxygen atoms in total. The monoisotopic (exact) mass is 314 g/mol. The highest BCUT2D eigenvalue weighted by Gasteiger charge is 2.09. The summed E-state index contributed by atoms with van der Waals surface area (Å²) >= 11 is 6.01. The molecule has 110 valence electrons. The molecule has 2 aromatic carbocycles. The maximum Gasteiger partial charge on any atom is 0.129 e. The molecule has 0 aliphatic rings. The van der Waals surface area contributed by atoms with Crippen LogP contribution in [0.4, 0.5) is 4.39 Å². The Morgan fingerprint density at radius 3 is 2.73 bits per heavy atom. The van der Waals surface area contributed by atoms with Crippen LogP contribution in [0.5, 0.6) is 5.75 Å². The first-order chi connectivity index (χ1) is 10.7. The molecule has 0 spiro atoms. The zero-order valence-corrected chi connectivity index (χ0v) is 12.3. The summed E-state index contributed by atoms with van der Waals surface area (Å²) in [5, 5.41) is 0.344. The van der Waals surface area contributed by atoms with E-state index < -0.39 is 0 Å². The maximum absolute atomic E-state index is 13.1. The fourth-order valence-corrected chi connectivity index (χ4v) is 2.26. The summed E-state index contributed by atoms with van der Waals surface area (Å²) in [6, 6.07) is 11.8. The molecule has 0 bridgehead atoms. The van der Waals surface area contributed by atoms with Gasteiger partial charge in [-0.25, -0.2) is 4.39 Å². The van der Waals surface area contributed by atoms with E-state index in [1.807, 2.05) is 24.3 Å². The van der Waals surface area contributed by atoms with E-state index in [-0.39, 0.29) is 12.4 Å². The number of hydrogen-bond donors (Lipinski definition) is 0. The molecule has 0 radical (unpaired) electrons. The van der Waals surface area contributed by atoms with E-state index in [0.717, 1.165) is 16.8 Å². The second-order valence-electron chi connectivity index (χ2n) is 4.61. The van der Waals surface area contributed by atoms with Gasteiger partial charge in [-0.05, 0) is 24.3 Å². The van der Waals surface area contributed by atoms with Crippen LogP contribution >= 0.6 is 11.6 Å². The first-order valence-electron chi connectivity index (χ1n) is 6.66. The van der Waals surface area contributed by atoms with Crippen molar-refractivity contribution in [3.8, 4) is 17.0 Å². The average Bonchev–Trinajstić information content (AvgIpc) is 2.55. The van der Waals surface area contributed by atoms with Crippen LogP contribution in [0.3, 0.4) is 0 Å². The number of aromatic nitrogens is 2. The van der Waals surface area contributed by atoms with Gasteiger partial charge in [-0.15, -0.1) is 0 Å². The first kappa shape index (κ1) is 14.5. The SMILES string of the molecule is Fc1ccc(COc2ccccc2-c2cnccn2)c(Cl)c1. The highest BCUT2D eigenvalue weighted by molar-refractivity contribution is 6.31. The lowest BCUT2D eigenvalue weighted by atomic mass is 10.1. The molecule has 3 aromatic rings. The summed E-state index contributed by atoms with van der Waals surface area (Å²) in [5.41, 5.74) is 2.29. The topological polar surface area (TPSA) is 35.0 Å². The van der Waals surface area contributed by atoms with Crippen molar-refractivity contribution in [1.29, 1.82) is 0 Å². The van der Waals surface area contributed by atoms with Gasteiger partial charge in [-0.3, -0.25) is 9.97 Å². The summed E-state index contributed by atoms with van der Waals surface area (Å²) in [7, 11) is 0. The highest BCUT2D eigenvalue weighted by atomic mass is 35.5. The molecular weight excluding hydrogens is 303 g/mol. The number of para-hydroxylation sites is 1. The van der Waals surface area contributed by atoms with E-state index >= 15 is 0 Å². The molecule has 22 heavy (non-hydrogen) atoms. The lowest BCUT2D eigenvalue weighted by molar-refractivity contribution is 0.307. The maximum atomic E-state index is 13.1. The summed E-state index contributed by atoms with van der Waals surface area (Å²) < 4.78 is 18.9. The minimum absolute atomic E-state index is 0.246. The largest absolute Gasteiger partial charge is 0.488 e. The molecule has 1 aromatic heterocycles. The predicted molar refractivity (Wildman–Crippen MR) is 83.2 cm³/mol. The molecule has 0 N–H and O–H groups in total. The molecule has 0 saturated carbocycles. The molecular formula is C17H12ClFN2O. The Kier molecular flexibility index (Phi) is 4.30. The van der Waals surface area contributed by atoms with E-state index in [4.69, 9.17) is 16.3 Å². The van der Waals surface area contributed by atoms with Crippen LogP contribution in [0.1, 0.15) is 5.56 Å². The zero-order valence-electron chi connectivity index (χ0n) is 11.5. The minimum Gasteiger partial charge on any atom is -0.488 e. The standard InChI is InChI=1S/C17H12ClFN2O/c18-15-9-13(19)6-5-12(15)11-22-17-4-2-1-3-14(17)16-10-20-7-8-21-16/h1-10H,11H2. The molecule has 0 fully saturated rings. The van der Waals surface area contributed by atoms with Gasteiger partial charge in [-0.2, -0.15) is 0 Å². The Labute approximate surface area is 132 Å². The summed E-state index contributed by atoms with van der Waals surface area (Å²) in [5.74, 6) is 0.303. The lowest BCUT2D eigenvalue weighted by Gasteiger charge is -2.11. The van der Waals surface area contributed by atoms with E-state index in [9.17, 15) is 4.39 Å². The van der Waals surface area contributed by atoms with Crippen molar-refractivity contribution in [2.45, 2.75) is 6.61 Å². The van der Waals surface area contributed by atoms with Crippen molar-refractivity contribution in [2.24, 2.45) is 0 Å². The van der Waals surface area contributed by atoms with Crippen molar-refractivity contribution in [1.82, 2.24) is 9.97 Å². The molecule has 5 heteroatoms. The number of rotatable bonds is 4. The molecule has 0 unspecified atom stereocenters. The minimum atomic E-state index is -0.367. The van der Waals surface area contributed by atoms with Crippen molar-refractivity contribution in [2.75, 3.05) is 0 Å². The van der Waals surface area contributed by atoms with Crippen molar-refractivity contribution >= 4 is 11.6 Å². The van der Waals surface area contributed by atoms with Crippen molar-refractivity contribution in [3.05, 3.63) is 77.5 Å². The van der Waals surface area contributed by atoms with Crippen molar-refractivity contribution in [3.63, 3.8) is 0 Å². The van der Waals surface area contributed by atoms with E-state index in [1.54, 1.807) is 24.7 Å². The Morgan fingerprint density at radius 2 is 1.95 bits per heavy atom. The number of halogens is 2.